The SMILES string of the molecule is COCCOCC(=S)N1CCC(c2cc(Br)ccc2NN)=CC1c1ccc(C)cc1. The molecule has 3 rings (SSSR count). The fourth-order valence-corrected chi connectivity index (χ4v) is 4.23. The molecular weight excluding hydrogens is 462 g/mol. The Morgan fingerprint density at radius 1 is 1.23 bits per heavy atom. The smallest absolute Gasteiger partial charge is 0.105 e. The van der Waals surface area contributed by atoms with Crippen molar-refractivity contribution in [2.45, 2.75) is 19.4 Å². The van der Waals surface area contributed by atoms with Crippen LogP contribution in [0.1, 0.15) is 29.2 Å². The summed E-state index contributed by atoms with van der Waals surface area (Å²) in [6.07, 6.45) is 3.16. The van der Waals surface area contributed by atoms with Gasteiger partial charge in [0.05, 0.1) is 31.5 Å². The van der Waals surface area contributed by atoms with Crippen molar-refractivity contribution < 1.29 is 9.47 Å². The monoisotopic (exact) mass is 489 g/mol. The van der Waals surface area contributed by atoms with Crippen LogP contribution in [0, 0.1) is 6.92 Å². The van der Waals surface area contributed by atoms with E-state index in [1.807, 2.05) is 12.1 Å². The van der Waals surface area contributed by atoms with E-state index in [9.17, 15) is 0 Å². The number of thiocarbonyl (C=S) groups is 1. The predicted molar refractivity (Wildman–Crippen MR) is 130 cm³/mol. The maximum atomic E-state index is 5.77. The first-order valence-corrected chi connectivity index (χ1v) is 11.1. The third-order valence-electron chi connectivity index (χ3n) is 5.20. The van der Waals surface area contributed by atoms with E-state index in [0.29, 0.717) is 19.8 Å². The van der Waals surface area contributed by atoms with Crippen molar-refractivity contribution >= 4 is 44.4 Å². The van der Waals surface area contributed by atoms with Crippen molar-refractivity contribution in [2.75, 3.05) is 38.9 Å². The Labute approximate surface area is 192 Å². The van der Waals surface area contributed by atoms with Gasteiger partial charge in [0.2, 0.25) is 0 Å². The van der Waals surface area contributed by atoms with Crippen molar-refractivity contribution in [3.05, 3.63) is 69.7 Å². The van der Waals surface area contributed by atoms with Gasteiger partial charge in [-0.1, -0.05) is 64.1 Å². The van der Waals surface area contributed by atoms with Crippen LogP contribution in [0.15, 0.2) is 53.0 Å². The molecule has 2 aromatic carbocycles. The Hall–Kier alpha value is -1.77. The van der Waals surface area contributed by atoms with Gasteiger partial charge in [0, 0.05) is 23.7 Å². The molecule has 0 saturated heterocycles. The molecule has 30 heavy (non-hydrogen) atoms. The third kappa shape index (κ3) is 5.68. The Balaban J connectivity index is 1.92. The lowest BCUT2D eigenvalue weighted by Gasteiger charge is -2.37. The Bertz CT molecular complexity index is 902. The van der Waals surface area contributed by atoms with Crippen LogP contribution < -0.4 is 11.3 Å². The van der Waals surface area contributed by atoms with Gasteiger partial charge in [-0.15, -0.1) is 0 Å². The molecule has 1 atom stereocenters. The van der Waals surface area contributed by atoms with E-state index in [0.717, 1.165) is 33.7 Å². The zero-order valence-corrected chi connectivity index (χ0v) is 19.8. The molecule has 0 fully saturated rings. The van der Waals surface area contributed by atoms with Crippen LogP contribution in [0.5, 0.6) is 0 Å². The second-order valence-electron chi connectivity index (χ2n) is 7.26. The number of aryl methyl sites for hydroxylation is 1. The lowest BCUT2D eigenvalue weighted by atomic mass is 9.91. The van der Waals surface area contributed by atoms with Crippen LogP contribution in [-0.2, 0) is 9.47 Å². The Morgan fingerprint density at radius 3 is 2.70 bits per heavy atom. The topological polar surface area (TPSA) is 59.8 Å². The predicted octanol–water partition coefficient (Wildman–Crippen LogP) is 4.86. The summed E-state index contributed by atoms with van der Waals surface area (Å²) in [5, 5.41) is 0. The van der Waals surface area contributed by atoms with Crippen molar-refractivity contribution in [3.63, 3.8) is 0 Å². The summed E-state index contributed by atoms with van der Waals surface area (Å²) in [5.41, 5.74) is 8.52. The van der Waals surface area contributed by atoms with E-state index >= 15 is 0 Å². The molecule has 1 aliphatic rings. The molecule has 0 aromatic heterocycles. The fraction of sp³-hybridized carbons (Fsp3) is 0.348. The molecule has 3 N–H and O–H groups in total. The van der Waals surface area contributed by atoms with Gasteiger partial charge in [0.15, 0.2) is 0 Å². The van der Waals surface area contributed by atoms with Gasteiger partial charge in [0.25, 0.3) is 0 Å². The molecule has 0 bridgehead atoms. The zero-order valence-electron chi connectivity index (χ0n) is 17.4. The molecule has 1 heterocycles. The number of benzene rings is 2. The van der Waals surface area contributed by atoms with Gasteiger partial charge in [-0.2, -0.15) is 0 Å². The van der Waals surface area contributed by atoms with E-state index in [1.165, 1.54) is 16.7 Å². The summed E-state index contributed by atoms with van der Waals surface area (Å²) < 4.78 is 11.8. The highest BCUT2D eigenvalue weighted by atomic mass is 79.9. The second kappa shape index (κ2) is 11.0. The standard InChI is InChI=1S/C23H28BrN3O2S/c1-16-3-5-17(6-4-16)22-13-18(20-14-19(24)7-8-21(20)26-25)9-10-27(22)23(30)15-29-12-11-28-2/h3-8,13-14,22,26H,9-12,15,25H2,1-2H3. The Morgan fingerprint density at radius 2 is 2.00 bits per heavy atom. The molecule has 1 unspecified atom stereocenters. The van der Waals surface area contributed by atoms with Gasteiger partial charge >= 0.3 is 0 Å². The normalized spacial score (nSPS) is 16.3. The largest absolute Gasteiger partial charge is 0.382 e. The van der Waals surface area contributed by atoms with Gasteiger partial charge in [-0.25, -0.2) is 0 Å². The zero-order chi connectivity index (χ0) is 21.5. The molecular formula is C23H28BrN3O2S. The van der Waals surface area contributed by atoms with Crippen molar-refractivity contribution in [2.24, 2.45) is 5.84 Å². The van der Waals surface area contributed by atoms with E-state index in [1.54, 1.807) is 7.11 Å². The van der Waals surface area contributed by atoms with E-state index < -0.39 is 0 Å². The lowest BCUT2D eigenvalue weighted by Crippen LogP contribution is -2.38. The quantitative estimate of drug-likeness (QED) is 0.239. The number of halogens is 1. The van der Waals surface area contributed by atoms with Crippen LogP contribution in [0.25, 0.3) is 5.57 Å². The maximum absolute atomic E-state index is 5.77. The number of rotatable bonds is 8. The third-order valence-corrected chi connectivity index (χ3v) is 6.04. The first-order valence-electron chi connectivity index (χ1n) is 9.93. The van der Waals surface area contributed by atoms with Gasteiger partial charge < -0.3 is 19.8 Å². The number of methoxy groups -OCH3 is 1. The summed E-state index contributed by atoms with van der Waals surface area (Å²) in [4.78, 5) is 3.06. The minimum atomic E-state index is 0.0393. The highest BCUT2D eigenvalue weighted by Gasteiger charge is 2.27. The van der Waals surface area contributed by atoms with Crippen molar-refractivity contribution in [3.8, 4) is 0 Å². The number of hydrogen-bond acceptors (Lipinski definition) is 5. The number of nitrogens with one attached hydrogen (secondary N) is 1. The molecule has 7 heteroatoms. The van der Waals surface area contributed by atoms with Crippen LogP contribution in [0.4, 0.5) is 5.69 Å². The minimum Gasteiger partial charge on any atom is -0.382 e. The van der Waals surface area contributed by atoms with Gasteiger partial charge in [-0.05, 0) is 42.7 Å². The molecule has 2 aromatic rings. The maximum Gasteiger partial charge on any atom is 0.105 e. The molecule has 5 nitrogen and oxygen atoms in total. The molecule has 1 aliphatic heterocycles. The number of nitrogen functional groups attached to an aromatic ring is 1. The molecule has 0 spiro atoms. The number of nitrogens with zero attached hydrogens (tertiary/aromatic N) is 1. The van der Waals surface area contributed by atoms with Gasteiger partial charge in [-0.3, -0.25) is 5.84 Å². The van der Waals surface area contributed by atoms with E-state index in [2.05, 4.69) is 69.6 Å². The van der Waals surface area contributed by atoms with Crippen LogP contribution in [0.3, 0.4) is 0 Å². The van der Waals surface area contributed by atoms with Crippen LogP contribution >= 0.6 is 28.1 Å². The highest BCUT2D eigenvalue weighted by molar-refractivity contribution is 9.10. The number of nitrogens with two attached hydrogens (primary N) is 1. The molecule has 0 aliphatic carbocycles. The number of hydrazine groups is 1. The first-order chi connectivity index (χ1) is 14.5. The van der Waals surface area contributed by atoms with Crippen molar-refractivity contribution in [1.29, 1.82) is 0 Å². The number of anilines is 1. The summed E-state index contributed by atoms with van der Waals surface area (Å²) >= 11 is 9.32. The average molecular weight is 490 g/mol. The molecule has 0 saturated carbocycles. The van der Waals surface area contributed by atoms with Crippen LogP contribution in [0.2, 0.25) is 0 Å². The first kappa shape index (κ1) is 22.9. The minimum absolute atomic E-state index is 0.0393. The molecule has 0 radical (unpaired) electrons. The summed E-state index contributed by atoms with van der Waals surface area (Å²) in [5.74, 6) is 5.77. The molecule has 0 amide bonds. The number of hydrogen-bond donors (Lipinski definition) is 2. The summed E-state index contributed by atoms with van der Waals surface area (Å²) in [6, 6.07) is 14.7. The van der Waals surface area contributed by atoms with Crippen molar-refractivity contribution in [1.82, 2.24) is 4.90 Å². The molecule has 160 valence electrons. The number of ether oxygens (including phenoxy) is 2. The lowest BCUT2D eigenvalue weighted by molar-refractivity contribution is 0.0868. The van der Waals surface area contributed by atoms with Gasteiger partial charge in [0.1, 0.15) is 4.99 Å². The highest BCUT2D eigenvalue weighted by Crippen LogP contribution is 2.37. The second-order valence-corrected chi connectivity index (χ2v) is 8.65. The summed E-state index contributed by atoms with van der Waals surface area (Å²) in [6.45, 7) is 4.42. The van der Waals surface area contributed by atoms with E-state index in [4.69, 9.17) is 27.5 Å². The van der Waals surface area contributed by atoms with E-state index in [-0.39, 0.29) is 6.04 Å². The Kier molecular flexibility index (Phi) is 8.41. The fourth-order valence-electron chi connectivity index (χ4n) is 3.58. The average Bonchev–Trinajstić information content (AvgIpc) is 2.76. The van der Waals surface area contributed by atoms with Crippen LogP contribution in [-0.4, -0.2) is 43.4 Å². The summed E-state index contributed by atoms with van der Waals surface area (Å²) in [7, 11) is 1.67.